The molecule has 2 rings (SSSR count). The molecule has 0 aromatic carbocycles. The number of nitrogens with zero attached hydrogens (tertiary/aromatic N) is 3. The van der Waals surface area contributed by atoms with E-state index in [1.165, 1.54) is 17.7 Å². The van der Waals surface area contributed by atoms with E-state index in [2.05, 4.69) is 25.6 Å². The van der Waals surface area contributed by atoms with Crippen LogP contribution in [0.4, 0.5) is 5.82 Å². The molecule has 0 radical (unpaired) electrons. The van der Waals surface area contributed by atoms with Gasteiger partial charge in [-0.05, 0) is 12.7 Å². The number of amides is 1. The lowest BCUT2D eigenvalue weighted by Gasteiger charge is -2.06. The summed E-state index contributed by atoms with van der Waals surface area (Å²) in [6.45, 7) is 2.92. The van der Waals surface area contributed by atoms with Crippen LogP contribution in [0.25, 0.3) is 10.3 Å². The van der Waals surface area contributed by atoms with Gasteiger partial charge in [0.25, 0.3) is 0 Å². The quantitative estimate of drug-likeness (QED) is 0.791. The maximum absolute atomic E-state index is 11.5. The first-order valence-electron chi connectivity index (χ1n) is 5.90. The average Bonchev–Trinajstić information content (AvgIpc) is 2.86. The molecule has 2 N–H and O–H groups in total. The van der Waals surface area contributed by atoms with E-state index in [9.17, 15) is 4.79 Å². The molecule has 0 aliphatic rings. The first kappa shape index (κ1) is 14.0. The van der Waals surface area contributed by atoms with Gasteiger partial charge in [0, 0.05) is 6.54 Å². The van der Waals surface area contributed by atoms with Crippen molar-refractivity contribution in [1.29, 1.82) is 0 Å². The number of nitrogens with one attached hydrogen (secondary N) is 2. The largest absolute Gasteiger partial charge is 0.360 e. The van der Waals surface area contributed by atoms with Gasteiger partial charge in [-0.3, -0.25) is 4.79 Å². The second kappa shape index (κ2) is 6.67. The third kappa shape index (κ3) is 3.54. The van der Waals surface area contributed by atoms with Crippen LogP contribution in [-0.2, 0) is 4.79 Å². The van der Waals surface area contributed by atoms with Crippen LogP contribution in [0.1, 0.15) is 13.3 Å². The van der Waals surface area contributed by atoms with Gasteiger partial charge in [-0.25, -0.2) is 15.0 Å². The van der Waals surface area contributed by atoms with Crippen molar-refractivity contribution >= 4 is 45.2 Å². The Morgan fingerprint density at radius 2 is 2.32 bits per heavy atom. The van der Waals surface area contributed by atoms with Crippen molar-refractivity contribution in [2.24, 2.45) is 0 Å². The molecule has 1 amide bonds. The molecule has 2 aromatic rings. The number of carbonyl (C=O) groups is 1. The van der Waals surface area contributed by atoms with E-state index in [1.807, 2.05) is 13.2 Å². The van der Waals surface area contributed by atoms with E-state index in [-0.39, 0.29) is 12.5 Å². The summed E-state index contributed by atoms with van der Waals surface area (Å²) >= 11 is 3.10. The molecular weight excluding hydrogens is 282 g/mol. The Morgan fingerprint density at radius 3 is 3.05 bits per heavy atom. The van der Waals surface area contributed by atoms with Crippen LogP contribution < -0.4 is 10.6 Å². The van der Waals surface area contributed by atoms with Gasteiger partial charge >= 0.3 is 0 Å². The minimum Gasteiger partial charge on any atom is -0.360 e. The Kier molecular flexibility index (Phi) is 4.92. The molecule has 0 spiro atoms. The summed E-state index contributed by atoms with van der Waals surface area (Å²) in [7, 11) is 0. The Bertz CT molecular complexity index is 571. The number of carbonyl (C=O) groups excluding carboxylic acids is 1. The number of thioether (sulfide) groups is 1. The lowest BCUT2D eigenvalue weighted by atomic mass is 10.4. The smallest absolute Gasteiger partial charge is 0.239 e. The van der Waals surface area contributed by atoms with Crippen molar-refractivity contribution in [3.8, 4) is 0 Å². The fourth-order valence-electron chi connectivity index (χ4n) is 1.44. The summed E-state index contributed by atoms with van der Waals surface area (Å²) in [4.78, 5) is 24.2. The van der Waals surface area contributed by atoms with Gasteiger partial charge in [-0.15, -0.1) is 11.3 Å². The van der Waals surface area contributed by atoms with E-state index in [1.54, 1.807) is 11.8 Å². The molecule has 0 bridgehead atoms. The zero-order valence-corrected chi connectivity index (χ0v) is 12.4. The van der Waals surface area contributed by atoms with Gasteiger partial charge in [-0.1, -0.05) is 18.7 Å². The fraction of sp³-hybridized carbons (Fsp3) is 0.455. The molecular formula is C11H15N5OS2. The van der Waals surface area contributed by atoms with Crippen molar-refractivity contribution in [1.82, 2.24) is 20.3 Å². The summed E-state index contributed by atoms with van der Waals surface area (Å²) in [5.74, 6) is 0.623. The highest BCUT2D eigenvalue weighted by Gasteiger charge is 2.10. The molecule has 0 fully saturated rings. The van der Waals surface area contributed by atoms with E-state index in [0.29, 0.717) is 18.0 Å². The maximum Gasteiger partial charge on any atom is 0.239 e. The number of aromatic nitrogens is 3. The summed E-state index contributed by atoms with van der Waals surface area (Å²) in [6, 6.07) is 0. The van der Waals surface area contributed by atoms with Crippen molar-refractivity contribution in [3.05, 3.63) is 6.33 Å². The molecule has 0 aliphatic heterocycles. The molecule has 0 unspecified atom stereocenters. The lowest BCUT2D eigenvalue weighted by Crippen LogP contribution is -2.30. The molecule has 0 saturated carbocycles. The van der Waals surface area contributed by atoms with Crippen LogP contribution in [-0.4, -0.2) is 40.2 Å². The van der Waals surface area contributed by atoms with Gasteiger partial charge in [0.05, 0.1) is 6.54 Å². The molecule has 8 heteroatoms. The van der Waals surface area contributed by atoms with Gasteiger partial charge in [0.15, 0.2) is 9.99 Å². The maximum atomic E-state index is 11.5. The van der Waals surface area contributed by atoms with Crippen molar-refractivity contribution in [3.63, 3.8) is 0 Å². The number of rotatable bonds is 6. The Balaban J connectivity index is 2.07. The molecule has 0 aliphatic carbocycles. The number of hydrogen-bond donors (Lipinski definition) is 2. The highest BCUT2D eigenvalue weighted by molar-refractivity contribution is 8.00. The van der Waals surface area contributed by atoms with Crippen LogP contribution in [0, 0.1) is 0 Å². The van der Waals surface area contributed by atoms with Crippen molar-refractivity contribution < 1.29 is 4.79 Å². The molecule has 2 heterocycles. The van der Waals surface area contributed by atoms with Crippen LogP contribution in [0.2, 0.25) is 0 Å². The topological polar surface area (TPSA) is 79.8 Å². The van der Waals surface area contributed by atoms with Gasteiger partial charge in [0.1, 0.15) is 16.8 Å². The van der Waals surface area contributed by atoms with Gasteiger partial charge in [-0.2, -0.15) is 0 Å². The summed E-state index contributed by atoms with van der Waals surface area (Å²) < 4.78 is 1.82. The van der Waals surface area contributed by atoms with E-state index < -0.39 is 0 Å². The van der Waals surface area contributed by atoms with Crippen molar-refractivity contribution in [2.45, 2.75) is 17.7 Å². The van der Waals surface area contributed by atoms with Crippen molar-refractivity contribution in [2.75, 3.05) is 24.7 Å². The van der Waals surface area contributed by atoms with Crippen LogP contribution >= 0.6 is 23.1 Å². The fourth-order valence-corrected chi connectivity index (χ4v) is 2.92. The minimum absolute atomic E-state index is 0.0387. The average molecular weight is 297 g/mol. The second-order valence-electron chi connectivity index (χ2n) is 3.76. The molecule has 19 heavy (non-hydrogen) atoms. The second-order valence-corrected chi connectivity index (χ2v) is 5.81. The minimum atomic E-state index is -0.0387. The van der Waals surface area contributed by atoms with Gasteiger partial charge in [0.2, 0.25) is 5.91 Å². The zero-order valence-electron chi connectivity index (χ0n) is 10.8. The van der Waals surface area contributed by atoms with Crippen LogP contribution in [0.5, 0.6) is 0 Å². The Labute approximate surface area is 119 Å². The standard InChI is InChI=1S/C11H15N5OS2/c1-3-4-12-7(17)5-13-9-8-10(15-6-14-9)16-11(18-2)19-8/h6H,3-5H2,1-2H3,(H,12,17)(H,13,14,15). The van der Waals surface area contributed by atoms with Crippen LogP contribution in [0.15, 0.2) is 10.7 Å². The van der Waals surface area contributed by atoms with Crippen LogP contribution in [0.3, 0.4) is 0 Å². The molecule has 102 valence electrons. The highest BCUT2D eigenvalue weighted by atomic mass is 32.2. The molecule has 6 nitrogen and oxygen atoms in total. The van der Waals surface area contributed by atoms with E-state index >= 15 is 0 Å². The Morgan fingerprint density at radius 1 is 1.47 bits per heavy atom. The summed E-state index contributed by atoms with van der Waals surface area (Å²) in [5, 5.41) is 5.84. The SMILES string of the molecule is CCCNC(=O)CNc1ncnc2nc(SC)sc12. The highest BCUT2D eigenvalue weighted by Crippen LogP contribution is 2.30. The number of fused-ring (bicyclic) bond motifs is 1. The predicted molar refractivity (Wildman–Crippen MR) is 78.8 cm³/mol. The lowest BCUT2D eigenvalue weighted by molar-refractivity contribution is -0.119. The molecule has 2 aromatic heterocycles. The van der Waals surface area contributed by atoms with Gasteiger partial charge < -0.3 is 10.6 Å². The number of anilines is 1. The first-order chi connectivity index (χ1) is 9.24. The number of thiazole rings is 1. The molecule has 0 atom stereocenters. The number of hydrogen-bond acceptors (Lipinski definition) is 7. The Hall–Kier alpha value is -1.41. The van der Waals surface area contributed by atoms with E-state index in [4.69, 9.17) is 0 Å². The predicted octanol–water partition coefficient (Wildman–Crippen LogP) is 1.75. The normalized spacial score (nSPS) is 10.6. The van der Waals surface area contributed by atoms with E-state index in [0.717, 1.165) is 15.5 Å². The summed E-state index contributed by atoms with van der Waals surface area (Å²) in [5.41, 5.74) is 0.667. The third-order valence-electron chi connectivity index (χ3n) is 2.33. The third-order valence-corrected chi connectivity index (χ3v) is 4.37. The molecule has 0 saturated heterocycles. The summed E-state index contributed by atoms with van der Waals surface area (Å²) in [6.07, 6.45) is 4.35. The first-order valence-corrected chi connectivity index (χ1v) is 7.94. The zero-order chi connectivity index (χ0) is 13.7. The monoisotopic (exact) mass is 297 g/mol.